The number of anilines is 1. The Labute approximate surface area is 157 Å². The summed E-state index contributed by atoms with van der Waals surface area (Å²) in [5.74, 6) is 0.836. The second kappa shape index (κ2) is 9.13. The Balaban J connectivity index is 1.96. The first-order chi connectivity index (χ1) is 11.0. The number of nitrogens with one attached hydrogen (secondary N) is 1. The summed E-state index contributed by atoms with van der Waals surface area (Å²) in [6.07, 6.45) is 1.09. The van der Waals surface area contributed by atoms with Gasteiger partial charge in [0.1, 0.15) is 0 Å². The molecule has 0 aliphatic rings. The Bertz CT molecular complexity index is 661. The highest BCUT2D eigenvalue weighted by molar-refractivity contribution is 8.03. The average Bonchev–Trinajstić information content (AvgIpc) is 2.96. The fraction of sp³-hybridized carbons (Fsp3) is 0.357. The summed E-state index contributed by atoms with van der Waals surface area (Å²) in [6.45, 7) is 3.93. The Kier molecular flexibility index (Phi) is 7.49. The van der Waals surface area contributed by atoms with E-state index in [1.807, 2.05) is 6.92 Å². The molecule has 0 aliphatic heterocycles. The van der Waals surface area contributed by atoms with Gasteiger partial charge < -0.3 is 5.32 Å². The van der Waals surface area contributed by atoms with E-state index in [2.05, 4.69) is 22.4 Å². The lowest BCUT2D eigenvalue weighted by molar-refractivity contribution is -0.115. The van der Waals surface area contributed by atoms with E-state index in [0.717, 1.165) is 20.9 Å². The van der Waals surface area contributed by atoms with Gasteiger partial charge >= 0.3 is 0 Å². The molecule has 0 bridgehead atoms. The van der Waals surface area contributed by atoms with E-state index < -0.39 is 0 Å². The summed E-state index contributed by atoms with van der Waals surface area (Å²) >= 11 is 16.7. The molecule has 1 aromatic heterocycles. The number of hydrogen-bond donors (Lipinski definition) is 1. The van der Waals surface area contributed by atoms with Gasteiger partial charge in [0.25, 0.3) is 0 Å². The van der Waals surface area contributed by atoms with Crippen LogP contribution in [0.1, 0.15) is 20.3 Å². The van der Waals surface area contributed by atoms with Crippen LogP contribution in [0.5, 0.6) is 0 Å². The fourth-order valence-electron chi connectivity index (χ4n) is 1.54. The number of hydrogen-bond acceptors (Lipinski definition) is 6. The van der Waals surface area contributed by atoms with Crippen LogP contribution < -0.4 is 5.32 Å². The van der Waals surface area contributed by atoms with Crippen LogP contribution >= 0.6 is 58.1 Å². The highest BCUT2D eigenvalue weighted by Crippen LogP contribution is 2.33. The van der Waals surface area contributed by atoms with Gasteiger partial charge in [-0.3, -0.25) is 4.79 Å². The maximum atomic E-state index is 12.3. The van der Waals surface area contributed by atoms with Gasteiger partial charge in [0.05, 0.1) is 21.0 Å². The van der Waals surface area contributed by atoms with E-state index in [1.165, 1.54) is 23.1 Å². The van der Waals surface area contributed by atoms with Crippen molar-refractivity contribution in [3.63, 3.8) is 0 Å². The topological polar surface area (TPSA) is 54.9 Å². The summed E-state index contributed by atoms with van der Waals surface area (Å²) in [5, 5.41) is 11.5. The third-order valence-corrected chi connectivity index (χ3v) is 6.75. The van der Waals surface area contributed by atoms with Gasteiger partial charge in [-0.25, -0.2) is 0 Å². The van der Waals surface area contributed by atoms with Crippen molar-refractivity contribution in [2.24, 2.45) is 0 Å². The molecule has 4 nitrogen and oxygen atoms in total. The highest BCUT2D eigenvalue weighted by Gasteiger charge is 2.19. The third-order valence-electron chi connectivity index (χ3n) is 2.68. The Morgan fingerprint density at radius 2 is 1.96 bits per heavy atom. The van der Waals surface area contributed by atoms with Crippen molar-refractivity contribution in [1.82, 2.24) is 10.2 Å². The average molecular weight is 408 g/mol. The van der Waals surface area contributed by atoms with Crippen molar-refractivity contribution < 1.29 is 4.79 Å². The maximum absolute atomic E-state index is 12.3. The van der Waals surface area contributed by atoms with Gasteiger partial charge in [-0.1, -0.05) is 71.1 Å². The van der Waals surface area contributed by atoms with E-state index in [0.29, 0.717) is 15.7 Å². The number of halogens is 2. The second-order valence-electron chi connectivity index (χ2n) is 4.53. The number of aromatic nitrogens is 2. The molecular weight excluding hydrogens is 393 g/mol. The number of carbonyl (C=O) groups is 1. The van der Waals surface area contributed by atoms with Crippen molar-refractivity contribution in [2.45, 2.75) is 34.2 Å². The van der Waals surface area contributed by atoms with Gasteiger partial charge in [-0.05, 0) is 25.5 Å². The molecule has 1 aromatic carbocycles. The highest BCUT2D eigenvalue weighted by atomic mass is 35.5. The Hall–Kier alpha value is -0.470. The van der Waals surface area contributed by atoms with Gasteiger partial charge in [0.15, 0.2) is 8.68 Å². The molecule has 0 unspecified atom stereocenters. The molecule has 0 aliphatic carbocycles. The number of carbonyl (C=O) groups excluding carboxylic acids is 1. The molecule has 1 N–H and O–H groups in total. The van der Waals surface area contributed by atoms with Crippen LogP contribution in [-0.4, -0.2) is 27.1 Å². The minimum atomic E-state index is -0.334. The first-order valence-corrected chi connectivity index (χ1v) is 10.3. The maximum Gasteiger partial charge on any atom is 0.237 e. The van der Waals surface area contributed by atoms with Gasteiger partial charge in [0.2, 0.25) is 5.91 Å². The predicted molar refractivity (Wildman–Crippen MR) is 101 cm³/mol. The number of para-hydroxylation sites is 1. The smallest absolute Gasteiger partial charge is 0.237 e. The molecule has 0 fully saturated rings. The summed E-state index contributed by atoms with van der Waals surface area (Å²) in [5.41, 5.74) is 0.435. The van der Waals surface area contributed by atoms with Gasteiger partial charge in [-0.15, -0.1) is 10.2 Å². The van der Waals surface area contributed by atoms with E-state index in [4.69, 9.17) is 23.2 Å². The third kappa shape index (κ3) is 5.53. The van der Waals surface area contributed by atoms with Crippen LogP contribution in [0, 0.1) is 0 Å². The van der Waals surface area contributed by atoms with Crippen LogP contribution in [0.2, 0.25) is 10.0 Å². The summed E-state index contributed by atoms with van der Waals surface area (Å²) in [4.78, 5) is 12.3. The molecule has 124 valence electrons. The monoisotopic (exact) mass is 407 g/mol. The largest absolute Gasteiger partial charge is 0.323 e. The van der Waals surface area contributed by atoms with Crippen molar-refractivity contribution >= 4 is 69.7 Å². The molecule has 1 atom stereocenters. The number of thioether (sulfide) groups is 2. The number of rotatable bonds is 7. The quantitative estimate of drug-likeness (QED) is 0.616. The molecule has 0 saturated heterocycles. The van der Waals surface area contributed by atoms with Gasteiger partial charge in [0, 0.05) is 5.75 Å². The molecule has 0 saturated carbocycles. The van der Waals surface area contributed by atoms with Crippen molar-refractivity contribution in [3.05, 3.63) is 28.2 Å². The second-order valence-corrected chi connectivity index (χ2v) is 9.25. The zero-order valence-corrected chi connectivity index (χ0v) is 16.5. The van der Waals surface area contributed by atoms with E-state index >= 15 is 0 Å². The minimum absolute atomic E-state index is 0.178. The molecule has 2 rings (SSSR count). The lowest BCUT2D eigenvalue weighted by atomic mass is 10.3. The minimum Gasteiger partial charge on any atom is -0.323 e. The van der Waals surface area contributed by atoms with E-state index in [9.17, 15) is 4.79 Å². The molecule has 0 radical (unpaired) electrons. The zero-order valence-electron chi connectivity index (χ0n) is 12.5. The molecular formula is C14H15Cl2N3OS3. The van der Waals surface area contributed by atoms with Crippen LogP contribution in [0.4, 0.5) is 5.69 Å². The Morgan fingerprint density at radius 3 is 2.61 bits per heavy atom. The SMILES string of the molecule is CCCSc1nnc(S[C@H](C)C(=O)Nc2c(Cl)cccc2Cl)s1. The van der Waals surface area contributed by atoms with Gasteiger partial charge in [-0.2, -0.15) is 0 Å². The molecule has 9 heteroatoms. The summed E-state index contributed by atoms with van der Waals surface area (Å²) < 4.78 is 1.70. The normalized spacial score (nSPS) is 12.2. The number of amides is 1. The molecule has 0 spiro atoms. The molecule has 1 amide bonds. The van der Waals surface area contributed by atoms with Crippen molar-refractivity contribution in [1.29, 1.82) is 0 Å². The summed E-state index contributed by atoms with van der Waals surface area (Å²) in [7, 11) is 0. The van der Waals surface area contributed by atoms with E-state index in [1.54, 1.807) is 30.0 Å². The Morgan fingerprint density at radius 1 is 1.30 bits per heavy atom. The first kappa shape index (κ1) is 18.9. The molecule has 23 heavy (non-hydrogen) atoms. The molecule has 2 aromatic rings. The summed E-state index contributed by atoms with van der Waals surface area (Å²) in [6, 6.07) is 5.10. The predicted octanol–water partition coefficient (Wildman–Crippen LogP) is 5.47. The fourth-order valence-corrected chi connectivity index (χ4v) is 5.12. The number of benzene rings is 1. The zero-order chi connectivity index (χ0) is 16.8. The van der Waals surface area contributed by atoms with E-state index in [-0.39, 0.29) is 11.2 Å². The van der Waals surface area contributed by atoms with Crippen molar-refractivity contribution in [3.8, 4) is 0 Å². The lowest BCUT2D eigenvalue weighted by Gasteiger charge is -2.12. The van der Waals surface area contributed by atoms with Crippen LogP contribution in [0.25, 0.3) is 0 Å². The van der Waals surface area contributed by atoms with Crippen LogP contribution in [0.15, 0.2) is 26.9 Å². The molecule has 1 heterocycles. The van der Waals surface area contributed by atoms with Crippen LogP contribution in [0.3, 0.4) is 0 Å². The number of nitrogens with zero attached hydrogens (tertiary/aromatic N) is 2. The lowest BCUT2D eigenvalue weighted by Crippen LogP contribution is -2.22. The van der Waals surface area contributed by atoms with Crippen molar-refractivity contribution in [2.75, 3.05) is 11.1 Å². The van der Waals surface area contributed by atoms with Crippen LogP contribution in [-0.2, 0) is 4.79 Å². The first-order valence-electron chi connectivity index (χ1n) is 6.89. The standard InChI is InChI=1S/C14H15Cl2N3OS3/c1-3-7-21-13-18-19-14(23-13)22-8(2)12(20)17-11-9(15)5-4-6-10(11)16/h4-6,8H,3,7H2,1-2H3,(H,17,20)/t8-/m1/s1.